The lowest BCUT2D eigenvalue weighted by Crippen LogP contribution is -2.18. The summed E-state index contributed by atoms with van der Waals surface area (Å²) in [4.78, 5) is 14.2. The Labute approximate surface area is 137 Å². The molecule has 0 aliphatic carbocycles. The van der Waals surface area contributed by atoms with E-state index in [4.69, 9.17) is 4.42 Å². The minimum absolute atomic E-state index is 0.268. The summed E-state index contributed by atoms with van der Waals surface area (Å²) in [5.41, 5.74) is 3.03. The number of carbonyl (C=O) groups is 1. The smallest absolute Gasteiger partial charge is 0.272 e. The van der Waals surface area contributed by atoms with Crippen LogP contribution in [0.15, 0.2) is 50.4 Å². The number of nitrogens with zero attached hydrogens (tertiary/aromatic N) is 2. The van der Waals surface area contributed by atoms with E-state index >= 15 is 0 Å². The number of hydrazone groups is 1. The van der Waals surface area contributed by atoms with Crippen molar-refractivity contribution in [1.82, 2.24) is 5.43 Å². The van der Waals surface area contributed by atoms with E-state index < -0.39 is 0 Å². The van der Waals surface area contributed by atoms with Gasteiger partial charge < -0.3 is 9.32 Å². The molecule has 0 unspecified atom stereocenters. The summed E-state index contributed by atoms with van der Waals surface area (Å²) in [6.07, 6.45) is 3.91. The number of rotatable bonds is 4. The van der Waals surface area contributed by atoms with Crippen molar-refractivity contribution in [2.75, 3.05) is 18.0 Å². The summed E-state index contributed by atoms with van der Waals surface area (Å²) in [5, 5.41) is 3.94. The van der Waals surface area contributed by atoms with Crippen LogP contribution in [-0.2, 0) is 0 Å². The maximum absolute atomic E-state index is 12.0. The van der Waals surface area contributed by atoms with Crippen molar-refractivity contribution >= 4 is 33.9 Å². The topological polar surface area (TPSA) is 57.8 Å². The summed E-state index contributed by atoms with van der Waals surface area (Å²) in [6.45, 7) is 2.06. The SMILES string of the molecule is O=C(N/N=C\c1ccc(N2CCCC2)o1)c1ccccc1Br. The third-order valence-corrected chi connectivity index (χ3v) is 4.20. The summed E-state index contributed by atoms with van der Waals surface area (Å²) in [5.74, 6) is 1.21. The van der Waals surface area contributed by atoms with Gasteiger partial charge in [0.1, 0.15) is 5.76 Å². The fourth-order valence-corrected chi connectivity index (χ4v) is 2.84. The van der Waals surface area contributed by atoms with Gasteiger partial charge in [0.05, 0.1) is 11.8 Å². The molecule has 1 aromatic carbocycles. The minimum atomic E-state index is -0.268. The van der Waals surface area contributed by atoms with Crippen LogP contribution in [0.1, 0.15) is 29.0 Å². The van der Waals surface area contributed by atoms with E-state index in [9.17, 15) is 4.79 Å². The molecule has 0 saturated carbocycles. The molecule has 2 heterocycles. The Bertz CT molecular complexity index is 690. The van der Waals surface area contributed by atoms with Gasteiger partial charge in [0, 0.05) is 23.6 Å². The van der Waals surface area contributed by atoms with Crippen molar-refractivity contribution in [3.63, 3.8) is 0 Å². The fourth-order valence-electron chi connectivity index (χ4n) is 2.38. The number of carbonyl (C=O) groups excluding carboxylic acids is 1. The van der Waals surface area contributed by atoms with Gasteiger partial charge in [0.15, 0.2) is 5.88 Å². The largest absolute Gasteiger partial charge is 0.440 e. The van der Waals surface area contributed by atoms with E-state index in [1.165, 1.54) is 19.1 Å². The first-order chi connectivity index (χ1) is 10.7. The highest BCUT2D eigenvalue weighted by Crippen LogP contribution is 2.22. The lowest BCUT2D eigenvalue weighted by molar-refractivity contribution is 0.0954. The molecule has 1 aromatic heterocycles. The molecule has 0 spiro atoms. The molecule has 5 nitrogen and oxygen atoms in total. The van der Waals surface area contributed by atoms with Gasteiger partial charge in [-0.3, -0.25) is 4.79 Å². The molecule has 22 heavy (non-hydrogen) atoms. The average molecular weight is 362 g/mol. The maximum Gasteiger partial charge on any atom is 0.272 e. The fraction of sp³-hybridized carbons (Fsp3) is 0.250. The molecule has 1 aliphatic rings. The molecule has 1 fully saturated rings. The van der Waals surface area contributed by atoms with Crippen LogP contribution < -0.4 is 10.3 Å². The lowest BCUT2D eigenvalue weighted by atomic mass is 10.2. The number of anilines is 1. The minimum Gasteiger partial charge on any atom is -0.440 e. The predicted octanol–water partition coefficient (Wildman–Crippen LogP) is 3.41. The first-order valence-electron chi connectivity index (χ1n) is 7.17. The zero-order chi connectivity index (χ0) is 15.4. The van der Waals surface area contributed by atoms with E-state index in [1.54, 1.807) is 12.1 Å². The Morgan fingerprint density at radius 2 is 2.00 bits per heavy atom. The first kappa shape index (κ1) is 14.8. The van der Waals surface area contributed by atoms with E-state index in [0.717, 1.165) is 23.4 Å². The van der Waals surface area contributed by atoms with Crippen molar-refractivity contribution in [2.45, 2.75) is 12.8 Å². The normalized spacial score (nSPS) is 14.7. The molecule has 1 aliphatic heterocycles. The van der Waals surface area contributed by atoms with Crippen molar-refractivity contribution in [3.05, 3.63) is 52.2 Å². The van der Waals surface area contributed by atoms with Crippen molar-refractivity contribution in [1.29, 1.82) is 0 Å². The van der Waals surface area contributed by atoms with Gasteiger partial charge in [-0.2, -0.15) is 5.10 Å². The summed E-state index contributed by atoms with van der Waals surface area (Å²) in [6, 6.07) is 11.0. The maximum atomic E-state index is 12.0. The molecule has 0 bridgehead atoms. The Balaban J connectivity index is 1.60. The van der Waals surface area contributed by atoms with Crippen LogP contribution in [0.4, 0.5) is 5.88 Å². The van der Waals surface area contributed by atoms with Gasteiger partial charge in [-0.1, -0.05) is 12.1 Å². The van der Waals surface area contributed by atoms with Crippen molar-refractivity contribution < 1.29 is 9.21 Å². The number of halogens is 1. The average Bonchev–Trinajstić information content (AvgIpc) is 3.18. The van der Waals surface area contributed by atoms with Gasteiger partial charge in [0.2, 0.25) is 0 Å². The third-order valence-electron chi connectivity index (χ3n) is 3.51. The van der Waals surface area contributed by atoms with Crippen LogP contribution >= 0.6 is 15.9 Å². The molecule has 6 heteroatoms. The molecular formula is C16H16BrN3O2. The third kappa shape index (κ3) is 3.39. The number of nitrogens with one attached hydrogen (secondary N) is 1. The highest BCUT2D eigenvalue weighted by Gasteiger charge is 2.15. The summed E-state index contributed by atoms with van der Waals surface area (Å²) >= 11 is 3.34. The number of hydrogen-bond donors (Lipinski definition) is 1. The zero-order valence-electron chi connectivity index (χ0n) is 12.0. The van der Waals surface area contributed by atoms with Crippen LogP contribution in [0.2, 0.25) is 0 Å². The van der Waals surface area contributed by atoms with Gasteiger partial charge >= 0.3 is 0 Å². The zero-order valence-corrected chi connectivity index (χ0v) is 13.5. The van der Waals surface area contributed by atoms with Crippen LogP contribution in [0.3, 0.4) is 0 Å². The van der Waals surface area contributed by atoms with E-state index in [0.29, 0.717) is 11.3 Å². The highest BCUT2D eigenvalue weighted by molar-refractivity contribution is 9.10. The van der Waals surface area contributed by atoms with Gasteiger partial charge in [0.25, 0.3) is 5.91 Å². The second-order valence-corrected chi connectivity index (χ2v) is 5.90. The molecule has 1 amide bonds. The Kier molecular flexibility index (Phi) is 4.58. The van der Waals surface area contributed by atoms with Crippen LogP contribution in [0.25, 0.3) is 0 Å². The van der Waals surface area contributed by atoms with E-state index in [1.807, 2.05) is 24.3 Å². The number of furan rings is 1. The monoisotopic (exact) mass is 361 g/mol. The Morgan fingerprint density at radius 3 is 2.77 bits per heavy atom. The van der Waals surface area contributed by atoms with Crippen LogP contribution in [-0.4, -0.2) is 25.2 Å². The van der Waals surface area contributed by atoms with Gasteiger partial charge in [-0.25, -0.2) is 5.43 Å². The molecule has 1 saturated heterocycles. The standard InChI is InChI=1S/C16H16BrN3O2/c17-14-6-2-1-5-13(14)16(21)19-18-11-12-7-8-15(22-12)20-9-3-4-10-20/h1-2,5-8,11H,3-4,9-10H2,(H,19,21)/b18-11-. The number of hydrogen-bond acceptors (Lipinski definition) is 4. The van der Waals surface area contributed by atoms with Crippen LogP contribution in [0, 0.1) is 0 Å². The molecule has 0 atom stereocenters. The molecule has 0 radical (unpaired) electrons. The molecule has 3 rings (SSSR count). The van der Waals surface area contributed by atoms with Crippen molar-refractivity contribution in [3.8, 4) is 0 Å². The highest BCUT2D eigenvalue weighted by atomic mass is 79.9. The molecule has 2 aromatic rings. The lowest BCUT2D eigenvalue weighted by Gasteiger charge is -2.12. The van der Waals surface area contributed by atoms with E-state index in [2.05, 4.69) is 31.4 Å². The molecule has 1 N–H and O–H groups in total. The first-order valence-corrected chi connectivity index (χ1v) is 7.96. The molecular weight excluding hydrogens is 346 g/mol. The number of benzene rings is 1. The number of amides is 1. The second-order valence-electron chi connectivity index (χ2n) is 5.05. The Hall–Kier alpha value is -2.08. The quantitative estimate of drug-likeness (QED) is 0.670. The Morgan fingerprint density at radius 1 is 1.23 bits per heavy atom. The molecule has 114 valence electrons. The van der Waals surface area contributed by atoms with Gasteiger partial charge in [-0.15, -0.1) is 0 Å². The summed E-state index contributed by atoms with van der Waals surface area (Å²) < 4.78 is 6.43. The predicted molar refractivity (Wildman–Crippen MR) is 89.4 cm³/mol. The summed E-state index contributed by atoms with van der Waals surface area (Å²) in [7, 11) is 0. The van der Waals surface area contributed by atoms with Crippen molar-refractivity contribution in [2.24, 2.45) is 5.10 Å². The second kappa shape index (κ2) is 6.79. The van der Waals surface area contributed by atoms with Gasteiger partial charge in [-0.05, 0) is 47.0 Å². The van der Waals surface area contributed by atoms with Crippen LogP contribution in [0.5, 0.6) is 0 Å². The van der Waals surface area contributed by atoms with E-state index in [-0.39, 0.29) is 5.91 Å².